The van der Waals surface area contributed by atoms with E-state index in [0.29, 0.717) is 12.2 Å². The van der Waals surface area contributed by atoms with Crippen LogP contribution in [-0.2, 0) is 6.54 Å². The SMILES string of the molecule is CCCCn1nc(C(=O)N2CCCCCC2)ccc1=O. The van der Waals surface area contributed by atoms with Crippen molar-refractivity contribution in [3.8, 4) is 0 Å². The monoisotopic (exact) mass is 277 g/mol. The molecule has 1 fully saturated rings. The van der Waals surface area contributed by atoms with Gasteiger partial charge >= 0.3 is 0 Å². The molecule has 110 valence electrons. The van der Waals surface area contributed by atoms with E-state index in [1.165, 1.54) is 23.6 Å². The molecule has 1 aliphatic rings. The first kappa shape index (κ1) is 14.8. The van der Waals surface area contributed by atoms with Gasteiger partial charge in [0.25, 0.3) is 11.5 Å². The minimum Gasteiger partial charge on any atom is -0.337 e. The highest BCUT2D eigenvalue weighted by Gasteiger charge is 2.19. The van der Waals surface area contributed by atoms with Gasteiger partial charge in [-0.25, -0.2) is 4.68 Å². The van der Waals surface area contributed by atoms with Crippen LogP contribution in [0.4, 0.5) is 0 Å². The molecule has 20 heavy (non-hydrogen) atoms. The van der Waals surface area contributed by atoms with Crippen LogP contribution in [0.5, 0.6) is 0 Å². The van der Waals surface area contributed by atoms with E-state index in [9.17, 15) is 9.59 Å². The summed E-state index contributed by atoms with van der Waals surface area (Å²) in [5.74, 6) is -0.0443. The average Bonchev–Trinajstić information content (AvgIpc) is 2.75. The molecule has 0 aromatic carbocycles. The highest BCUT2D eigenvalue weighted by molar-refractivity contribution is 5.92. The molecule has 1 saturated heterocycles. The minimum atomic E-state index is -0.133. The van der Waals surface area contributed by atoms with E-state index < -0.39 is 0 Å². The van der Waals surface area contributed by atoms with Gasteiger partial charge < -0.3 is 4.90 Å². The third-order valence-electron chi connectivity index (χ3n) is 3.70. The fourth-order valence-corrected chi connectivity index (χ4v) is 2.47. The zero-order chi connectivity index (χ0) is 14.4. The summed E-state index contributed by atoms with van der Waals surface area (Å²) in [7, 11) is 0. The first-order chi connectivity index (χ1) is 9.72. The molecule has 0 bridgehead atoms. The van der Waals surface area contributed by atoms with E-state index in [0.717, 1.165) is 38.8 Å². The van der Waals surface area contributed by atoms with Crippen molar-refractivity contribution >= 4 is 5.91 Å². The molecule has 0 saturated carbocycles. The van der Waals surface area contributed by atoms with Crippen molar-refractivity contribution in [3.63, 3.8) is 0 Å². The van der Waals surface area contributed by atoms with Crippen LogP contribution < -0.4 is 5.56 Å². The predicted octanol–water partition coefficient (Wildman–Crippen LogP) is 2.06. The van der Waals surface area contributed by atoms with Gasteiger partial charge in [0.2, 0.25) is 0 Å². The van der Waals surface area contributed by atoms with Crippen LogP contribution in [0.2, 0.25) is 0 Å². The van der Waals surface area contributed by atoms with Gasteiger partial charge in [0.15, 0.2) is 0 Å². The largest absolute Gasteiger partial charge is 0.337 e. The normalized spacial score (nSPS) is 15.9. The Morgan fingerprint density at radius 2 is 1.90 bits per heavy atom. The van der Waals surface area contributed by atoms with E-state index >= 15 is 0 Å². The van der Waals surface area contributed by atoms with E-state index in [1.54, 1.807) is 6.07 Å². The third kappa shape index (κ3) is 3.68. The Bertz CT molecular complexity index is 502. The summed E-state index contributed by atoms with van der Waals surface area (Å²) in [5.41, 5.74) is 0.258. The number of likely N-dealkylation sites (tertiary alicyclic amines) is 1. The minimum absolute atomic E-state index is 0.0443. The number of amides is 1. The standard InChI is InChI=1S/C15H23N3O2/c1-2-3-12-18-14(19)9-8-13(16-18)15(20)17-10-6-4-5-7-11-17/h8-9H,2-7,10-12H2,1H3. The second-order valence-electron chi connectivity index (χ2n) is 5.34. The van der Waals surface area contributed by atoms with Crippen molar-refractivity contribution in [3.05, 3.63) is 28.2 Å². The number of nitrogens with zero attached hydrogens (tertiary/aromatic N) is 3. The number of aromatic nitrogens is 2. The number of aryl methyl sites for hydroxylation is 1. The first-order valence-corrected chi connectivity index (χ1v) is 7.60. The van der Waals surface area contributed by atoms with Crippen LogP contribution in [0.15, 0.2) is 16.9 Å². The van der Waals surface area contributed by atoms with E-state index in [2.05, 4.69) is 12.0 Å². The number of carbonyl (C=O) groups is 1. The molecule has 1 aromatic heterocycles. The molecule has 0 spiro atoms. The number of unbranched alkanes of at least 4 members (excludes halogenated alkanes) is 1. The van der Waals surface area contributed by atoms with Crippen LogP contribution in [-0.4, -0.2) is 33.7 Å². The molecular formula is C15H23N3O2. The van der Waals surface area contributed by atoms with Gasteiger partial charge in [0, 0.05) is 25.7 Å². The summed E-state index contributed by atoms with van der Waals surface area (Å²) >= 11 is 0. The van der Waals surface area contributed by atoms with Crippen molar-refractivity contribution in [2.24, 2.45) is 0 Å². The van der Waals surface area contributed by atoms with Gasteiger partial charge in [-0.1, -0.05) is 26.2 Å². The molecule has 2 heterocycles. The molecule has 0 radical (unpaired) electrons. The lowest BCUT2D eigenvalue weighted by molar-refractivity contribution is 0.0752. The lowest BCUT2D eigenvalue weighted by Gasteiger charge is -2.19. The second-order valence-corrected chi connectivity index (χ2v) is 5.34. The molecule has 5 heteroatoms. The maximum Gasteiger partial charge on any atom is 0.274 e. The van der Waals surface area contributed by atoms with Crippen LogP contribution in [0, 0.1) is 0 Å². The van der Waals surface area contributed by atoms with Crippen molar-refractivity contribution in [1.29, 1.82) is 0 Å². The Hall–Kier alpha value is -1.65. The van der Waals surface area contributed by atoms with Crippen molar-refractivity contribution in [2.45, 2.75) is 52.0 Å². The molecule has 0 N–H and O–H groups in total. The Balaban J connectivity index is 2.14. The van der Waals surface area contributed by atoms with Gasteiger partial charge in [-0.3, -0.25) is 9.59 Å². The smallest absolute Gasteiger partial charge is 0.274 e. The molecule has 0 atom stereocenters. The van der Waals surface area contributed by atoms with Gasteiger partial charge in [-0.05, 0) is 25.3 Å². The molecule has 5 nitrogen and oxygen atoms in total. The van der Waals surface area contributed by atoms with Crippen LogP contribution >= 0.6 is 0 Å². The van der Waals surface area contributed by atoms with Gasteiger partial charge in [0.1, 0.15) is 5.69 Å². The van der Waals surface area contributed by atoms with Crippen molar-refractivity contribution in [2.75, 3.05) is 13.1 Å². The molecule has 0 aliphatic carbocycles. The third-order valence-corrected chi connectivity index (χ3v) is 3.70. The zero-order valence-corrected chi connectivity index (χ0v) is 12.2. The summed E-state index contributed by atoms with van der Waals surface area (Å²) in [6.45, 7) is 4.25. The van der Waals surface area contributed by atoms with Crippen molar-refractivity contribution < 1.29 is 4.79 Å². The quantitative estimate of drug-likeness (QED) is 0.846. The predicted molar refractivity (Wildman–Crippen MR) is 77.8 cm³/mol. The summed E-state index contributed by atoms with van der Waals surface area (Å²) in [6, 6.07) is 3.01. The molecular weight excluding hydrogens is 254 g/mol. The van der Waals surface area contributed by atoms with Gasteiger partial charge in [0.05, 0.1) is 0 Å². The van der Waals surface area contributed by atoms with Crippen molar-refractivity contribution in [1.82, 2.24) is 14.7 Å². The molecule has 1 amide bonds. The molecule has 0 unspecified atom stereocenters. The Labute approximate surface area is 119 Å². The fourth-order valence-electron chi connectivity index (χ4n) is 2.47. The second kappa shape index (κ2) is 7.22. The number of rotatable bonds is 4. The van der Waals surface area contributed by atoms with E-state index in [4.69, 9.17) is 0 Å². The Morgan fingerprint density at radius 3 is 2.55 bits per heavy atom. The Morgan fingerprint density at radius 1 is 1.20 bits per heavy atom. The van der Waals surface area contributed by atoms with Crippen LogP contribution in [0.1, 0.15) is 55.9 Å². The van der Waals surface area contributed by atoms with Gasteiger partial charge in [-0.15, -0.1) is 0 Å². The first-order valence-electron chi connectivity index (χ1n) is 7.60. The fraction of sp³-hybridized carbons (Fsp3) is 0.667. The Kier molecular flexibility index (Phi) is 5.32. The van der Waals surface area contributed by atoms with E-state index in [-0.39, 0.29) is 11.5 Å². The van der Waals surface area contributed by atoms with E-state index in [1.807, 2.05) is 4.90 Å². The maximum absolute atomic E-state index is 12.4. The highest BCUT2D eigenvalue weighted by Crippen LogP contribution is 2.11. The lowest BCUT2D eigenvalue weighted by atomic mass is 10.2. The molecule has 1 aromatic rings. The summed E-state index contributed by atoms with van der Waals surface area (Å²) < 4.78 is 1.41. The maximum atomic E-state index is 12.4. The summed E-state index contributed by atoms with van der Waals surface area (Å²) in [6.07, 6.45) is 6.38. The number of carbonyl (C=O) groups excluding carboxylic acids is 1. The molecule has 1 aliphatic heterocycles. The van der Waals surface area contributed by atoms with Crippen LogP contribution in [0.25, 0.3) is 0 Å². The number of hydrogen-bond donors (Lipinski definition) is 0. The molecule has 2 rings (SSSR count). The highest BCUT2D eigenvalue weighted by atomic mass is 16.2. The topological polar surface area (TPSA) is 55.2 Å². The lowest BCUT2D eigenvalue weighted by Crippen LogP contribution is -2.34. The summed E-state index contributed by atoms with van der Waals surface area (Å²) in [4.78, 5) is 26.0. The van der Waals surface area contributed by atoms with Crippen LogP contribution in [0.3, 0.4) is 0 Å². The van der Waals surface area contributed by atoms with Gasteiger partial charge in [-0.2, -0.15) is 5.10 Å². The zero-order valence-electron chi connectivity index (χ0n) is 12.2. The average molecular weight is 277 g/mol. The summed E-state index contributed by atoms with van der Waals surface area (Å²) in [5, 5.41) is 4.23. The number of hydrogen-bond acceptors (Lipinski definition) is 3.